The zero-order valence-corrected chi connectivity index (χ0v) is 17.8. The van der Waals surface area contributed by atoms with Crippen molar-refractivity contribution in [1.29, 1.82) is 0 Å². The van der Waals surface area contributed by atoms with E-state index in [4.69, 9.17) is 18.9 Å². The summed E-state index contributed by atoms with van der Waals surface area (Å²) in [4.78, 5) is 26.6. The Kier molecular flexibility index (Phi) is 6.82. The summed E-state index contributed by atoms with van der Waals surface area (Å²) in [5, 5.41) is 0. The molecule has 160 valence electrons. The van der Waals surface area contributed by atoms with E-state index < -0.39 is 5.97 Å². The molecule has 2 aromatic rings. The average Bonchev–Trinajstić information content (AvgIpc) is 3.10. The summed E-state index contributed by atoms with van der Waals surface area (Å²) in [5.41, 5.74) is 2.87. The predicted molar refractivity (Wildman–Crippen MR) is 112 cm³/mol. The second-order valence-corrected chi connectivity index (χ2v) is 7.14. The van der Waals surface area contributed by atoms with Gasteiger partial charge in [-0.3, -0.25) is 9.59 Å². The summed E-state index contributed by atoms with van der Waals surface area (Å²) in [6.45, 7) is 1.72. The van der Waals surface area contributed by atoms with Gasteiger partial charge in [0.05, 0.1) is 21.3 Å². The number of methoxy groups -OCH3 is 3. The molecule has 2 aromatic carbocycles. The molecule has 7 heteroatoms. The van der Waals surface area contributed by atoms with Crippen molar-refractivity contribution in [1.82, 2.24) is 0 Å². The molecule has 0 spiro atoms. The molecule has 0 aromatic heterocycles. The van der Waals surface area contributed by atoms with Crippen LogP contribution in [0.25, 0.3) is 0 Å². The minimum absolute atomic E-state index is 0.0489. The van der Waals surface area contributed by atoms with Crippen molar-refractivity contribution in [3.05, 3.63) is 47.5 Å². The number of carbonyl (C=O) groups is 2. The Hall–Kier alpha value is -3.22. The fourth-order valence-corrected chi connectivity index (χ4v) is 3.76. The molecular formula is C23H27NO6. The highest BCUT2D eigenvalue weighted by Gasteiger charge is 2.30. The largest absolute Gasteiger partial charge is 0.493 e. The molecule has 0 aliphatic carbocycles. The highest BCUT2D eigenvalue weighted by molar-refractivity contribution is 5.97. The van der Waals surface area contributed by atoms with Gasteiger partial charge in [0.2, 0.25) is 5.75 Å². The molecule has 1 aliphatic rings. The molecule has 0 radical (unpaired) electrons. The Morgan fingerprint density at radius 3 is 2.33 bits per heavy atom. The Bertz CT molecular complexity index is 901. The first-order valence-corrected chi connectivity index (χ1v) is 9.83. The predicted octanol–water partition coefficient (Wildman–Crippen LogP) is 3.17. The molecule has 1 unspecified atom stereocenters. The molecule has 0 saturated heterocycles. The quantitative estimate of drug-likeness (QED) is 0.619. The minimum Gasteiger partial charge on any atom is -0.493 e. The third kappa shape index (κ3) is 4.50. The maximum atomic E-state index is 12.6. The maximum absolute atomic E-state index is 12.6. The fraction of sp³-hybridized carbons (Fsp3) is 0.391. The first-order chi connectivity index (χ1) is 14.5. The zero-order chi connectivity index (χ0) is 21.7. The molecule has 30 heavy (non-hydrogen) atoms. The third-order valence-electron chi connectivity index (χ3n) is 5.17. The van der Waals surface area contributed by atoms with E-state index in [2.05, 4.69) is 0 Å². The van der Waals surface area contributed by atoms with Gasteiger partial charge >= 0.3 is 5.97 Å². The molecule has 1 amide bonds. The van der Waals surface area contributed by atoms with Crippen molar-refractivity contribution in [3.8, 4) is 17.2 Å². The number of anilines is 1. The zero-order valence-electron chi connectivity index (χ0n) is 17.8. The van der Waals surface area contributed by atoms with Gasteiger partial charge in [-0.1, -0.05) is 18.2 Å². The number of carbonyl (C=O) groups excluding carboxylic acids is 2. The molecule has 0 fully saturated rings. The highest BCUT2D eigenvalue weighted by Crippen LogP contribution is 2.38. The van der Waals surface area contributed by atoms with Gasteiger partial charge in [0.25, 0.3) is 5.91 Å². The molecule has 7 nitrogen and oxygen atoms in total. The number of rotatable bonds is 8. The van der Waals surface area contributed by atoms with Gasteiger partial charge in [0.1, 0.15) is 0 Å². The van der Waals surface area contributed by atoms with Crippen molar-refractivity contribution < 1.29 is 28.5 Å². The van der Waals surface area contributed by atoms with Crippen LogP contribution in [0.5, 0.6) is 17.2 Å². The van der Waals surface area contributed by atoms with Gasteiger partial charge in [-0.15, -0.1) is 0 Å². The van der Waals surface area contributed by atoms with Crippen LogP contribution in [0.4, 0.5) is 5.69 Å². The molecular weight excluding hydrogens is 386 g/mol. The number of hydrogen-bond donors (Lipinski definition) is 0. The van der Waals surface area contributed by atoms with Crippen LogP contribution in [-0.4, -0.2) is 45.9 Å². The Balaban J connectivity index is 1.56. The van der Waals surface area contributed by atoms with E-state index in [1.54, 1.807) is 31.3 Å². The number of fused-ring (bicyclic) bond motifs is 1. The minimum atomic E-state index is -0.433. The average molecular weight is 413 g/mol. The summed E-state index contributed by atoms with van der Waals surface area (Å²) in [6.07, 6.45) is 1.36. The summed E-state index contributed by atoms with van der Waals surface area (Å²) in [7, 11) is 4.62. The number of para-hydroxylation sites is 1. The second kappa shape index (κ2) is 9.52. The van der Waals surface area contributed by atoms with Crippen molar-refractivity contribution in [3.63, 3.8) is 0 Å². The first-order valence-electron chi connectivity index (χ1n) is 9.83. The summed E-state index contributed by atoms with van der Waals surface area (Å²) in [5.74, 6) is 0.900. The maximum Gasteiger partial charge on any atom is 0.306 e. The number of esters is 1. The SMILES string of the molecule is COc1cc(CCC(=O)OCC(=O)N2c3ccccc3CC2C)cc(OC)c1OC. The van der Waals surface area contributed by atoms with Crippen LogP contribution in [0, 0.1) is 0 Å². The lowest BCUT2D eigenvalue weighted by Gasteiger charge is -2.22. The molecule has 3 rings (SSSR count). The van der Waals surface area contributed by atoms with Gasteiger partial charge in [0, 0.05) is 18.2 Å². The third-order valence-corrected chi connectivity index (χ3v) is 5.17. The van der Waals surface area contributed by atoms with Crippen molar-refractivity contribution in [2.24, 2.45) is 0 Å². The summed E-state index contributed by atoms with van der Waals surface area (Å²) >= 11 is 0. The van der Waals surface area contributed by atoms with E-state index >= 15 is 0 Å². The lowest BCUT2D eigenvalue weighted by atomic mass is 10.1. The molecule has 0 N–H and O–H groups in total. The smallest absolute Gasteiger partial charge is 0.306 e. The first kappa shape index (κ1) is 21.5. The van der Waals surface area contributed by atoms with Crippen molar-refractivity contribution in [2.75, 3.05) is 32.8 Å². The van der Waals surface area contributed by atoms with Crippen LogP contribution in [0.15, 0.2) is 36.4 Å². The lowest BCUT2D eigenvalue weighted by Crippen LogP contribution is -2.38. The molecule has 1 atom stereocenters. The molecule has 1 heterocycles. The van der Waals surface area contributed by atoms with Gasteiger partial charge in [0.15, 0.2) is 18.1 Å². The van der Waals surface area contributed by atoms with E-state index in [-0.39, 0.29) is 25.0 Å². The monoisotopic (exact) mass is 413 g/mol. The van der Waals surface area contributed by atoms with E-state index in [1.165, 1.54) is 7.11 Å². The van der Waals surface area contributed by atoms with Gasteiger partial charge in [-0.25, -0.2) is 0 Å². The van der Waals surface area contributed by atoms with Crippen LogP contribution in [0.2, 0.25) is 0 Å². The van der Waals surface area contributed by atoms with Crippen LogP contribution < -0.4 is 19.1 Å². The normalized spacial score (nSPS) is 14.8. The Morgan fingerprint density at radius 2 is 1.70 bits per heavy atom. The standard InChI is InChI=1S/C23H27NO6/c1-15-11-17-7-5-6-8-18(17)24(15)21(25)14-30-22(26)10-9-16-12-19(27-2)23(29-4)20(13-16)28-3/h5-8,12-13,15H,9-11,14H2,1-4H3. The lowest BCUT2D eigenvalue weighted by molar-refractivity contribution is -0.147. The van der Waals surface area contributed by atoms with Crippen LogP contribution in [0.3, 0.4) is 0 Å². The number of hydrogen-bond acceptors (Lipinski definition) is 6. The van der Waals surface area contributed by atoms with Crippen molar-refractivity contribution in [2.45, 2.75) is 32.2 Å². The summed E-state index contributed by atoms with van der Waals surface area (Å²) < 4.78 is 21.2. The van der Waals surface area contributed by atoms with E-state index in [9.17, 15) is 9.59 Å². The number of nitrogens with zero attached hydrogens (tertiary/aromatic N) is 1. The highest BCUT2D eigenvalue weighted by atomic mass is 16.5. The number of benzene rings is 2. The van der Waals surface area contributed by atoms with Crippen molar-refractivity contribution >= 4 is 17.6 Å². The van der Waals surface area contributed by atoms with E-state index in [1.807, 2.05) is 31.2 Å². The fourth-order valence-electron chi connectivity index (χ4n) is 3.76. The van der Waals surface area contributed by atoms with Gasteiger partial charge in [-0.05, 0) is 49.1 Å². The Labute approximate surface area is 176 Å². The van der Waals surface area contributed by atoms with Gasteiger partial charge < -0.3 is 23.8 Å². The molecule has 1 aliphatic heterocycles. The van der Waals surface area contributed by atoms with Crippen LogP contribution >= 0.6 is 0 Å². The van der Waals surface area contributed by atoms with Crippen LogP contribution in [0.1, 0.15) is 24.5 Å². The molecule has 0 saturated carbocycles. The Morgan fingerprint density at radius 1 is 1.03 bits per heavy atom. The van der Waals surface area contributed by atoms with E-state index in [0.29, 0.717) is 23.7 Å². The number of aryl methyl sites for hydroxylation is 1. The number of amides is 1. The van der Waals surface area contributed by atoms with E-state index in [0.717, 1.165) is 23.2 Å². The summed E-state index contributed by atoms with van der Waals surface area (Å²) in [6, 6.07) is 11.4. The van der Waals surface area contributed by atoms with Crippen LogP contribution in [-0.2, 0) is 27.2 Å². The van der Waals surface area contributed by atoms with Gasteiger partial charge in [-0.2, -0.15) is 0 Å². The number of ether oxygens (including phenoxy) is 4. The molecule has 0 bridgehead atoms. The topological polar surface area (TPSA) is 74.3 Å². The second-order valence-electron chi connectivity index (χ2n) is 7.14.